The Hall–Kier alpha value is -0.560. The third kappa shape index (κ3) is 2.98. The molecule has 0 spiro atoms. The summed E-state index contributed by atoms with van der Waals surface area (Å²) in [5.74, 6) is -0.926. The van der Waals surface area contributed by atoms with Crippen LogP contribution in [0, 0.1) is 0 Å². The van der Waals surface area contributed by atoms with Crippen LogP contribution in [0.15, 0.2) is 22.7 Å². The molecule has 0 bridgehead atoms. The monoisotopic (exact) mass is 306 g/mol. The van der Waals surface area contributed by atoms with Gasteiger partial charge < -0.3 is 15.3 Å². The maximum Gasteiger partial charge on any atom is 0.335 e. The van der Waals surface area contributed by atoms with E-state index in [1.807, 2.05) is 0 Å². The van der Waals surface area contributed by atoms with E-state index in [2.05, 4.69) is 28.6 Å². The van der Waals surface area contributed by atoms with Gasteiger partial charge >= 0.3 is 5.97 Å². The lowest BCUT2D eigenvalue weighted by Crippen LogP contribution is -2.20. The fourth-order valence-electron chi connectivity index (χ4n) is 1.21. The molecule has 0 radical (unpaired) electrons. The standard InChI is InChI=1S/C10H11BrO4S/c11-7-3-5(10(14)15)1-2-6(7)9(13)8(12)4-16/h1-3,8-9,12-13,16H,4H2,(H,14,15). The van der Waals surface area contributed by atoms with Crippen LogP contribution in [-0.4, -0.2) is 33.1 Å². The van der Waals surface area contributed by atoms with Gasteiger partial charge in [0.15, 0.2) is 0 Å². The summed E-state index contributed by atoms with van der Waals surface area (Å²) in [5.41, 5.74) is 0.551. The van der Waals surface area contributed by atoms with E-state index in [0.29, 0.717) is 10.0 Å². The summed E-state index contributed by atoms with van der Waals surface area (Å²) in [6, 6.07) is 4.22. The average molecular weight is 307 g/mol. The van der Waals surface area contributed by atoms with Gasteiger partial charge in [-0.3, -0.25) is 0 Å². The molecule has 0 saturated heterocycles. The number of rotatable bonds is 4. The van der Waals surface area contributed by atoms with Gasteiger partial charge in [0, 0.05) is 10.2 Å². The van der Waals surface area contributed by atoms with Crippen LogP contribution in [0.25, 0.3) is 0 Å². The fraction of sp³-hybridized carbons (Fsp3) is 0.300. The van der Waals surface area contributed by atoms with E-state index in [1.54, 1.807) is 0 Å². The summed E-state index contributed by atoms with van der Waals surface area (Å²) in [6.07, 6.45) is -2.08. The average Bonchev–Trinajstić information content (AvgIpc) is 2.26. The van der Waals surface area contributed by atoms with Crippen molar-refractivity contribution in [3.05, 3.63) is 33.8 Å². The largest absolute Gasteiger partial charge is 0.478 e. The van der Waals surface area contributed by atoms with E-state index in [1.165, 1.54) is 18.2 Å². The molecular formula is C10H11BrO4S. The zero-order valence-corrected chi connectivity index (χ0v) is 10.6. The summed E-state index contributed by atoms with van der Waals surface area (Å²) < 4.78 is 0.445. The quantitative estimate of drug-likeness (QED) is 0.635. The number of carboxylic acid groups (broad SMARTS) is 1. The van der Waals surface area contributed by atoms with Crippen molar-refractivity contribution in [2.45, 2.75) is 12.2 Å². The number of aliphatic hydroxyl groups excluding tert-OH is 2. The van der Waals surface area contributed by atoms with E-state index < -0.39 is 18.2 Å². The zero-order chi connectivity index (χ0) is 12.3. The van der Waals surface area contributed by atoms with Crippen LogP contribution in [0.3, 0.4) is 0 Å². The number of thiol groups is 1. The number of aromatic carboxylic acids is 1. The predicted octanol–water partition coefficient (Wildman–Crippen LogP) is 1.47. The highest BCUT2D eigenvalue weighted by atomic mass is 79.9. The second kappa shape index (κ2) is 5.67. The van der Waals surface area contributed by atoms with E-state index in [-0.39, 0.29) is 11.3 Å². The second-order valence-corrected chi connectivity index (χ2v) is 4.46. The van der Waals surface area contributed by atoms with Gasteiger partial charge in [0.1, 0.15) is 6.10 Å². The summed E-state index contributed by atoms with van der Waals surface area (Å²) in [5, 5.41) is 27.9. The normalized spacial score (nSPS) is 14.5. The molecule has 0 aromatic heterocycles. The molecule has 0 heterocycles. The molecule has 1 aromatic carbocycles. The Morgan fingerprint density at radius 1 is 1.44 bits per heavy atom. The van der Waals surface area contributed by atoms with Gasteiger partial charge in [0.05, 0.1) is 11.7 Å². The van der Waals surface area contributed by atoms with Crippen molar-refractivity contribution in [2.24, 2.45) is 0 Å². The Morgan fingerprint density at radius 2 is 2.06 bits per heavy atom. The van der Waals surface area contributed by atoms with Crippen LogP contribution >= 0.6 is 28.6 Å². The molecule has 88 valence electrons. The Balaban J connectivity index is 3.03. The Kier molecular flexibility index (Phi) is 4.79. The first-order valence-corrected chi connectivity index (χ1v) is 5.89. The van der Waals surface area contributed by atoms with Gasteiger partial charge in [-0.25, -0.2) is 4.79 Å². The third-order valence-electron chi connectivity index (χ3n) is 2.12. The van der Waals surface area contributed by atoms with Crippen molar-refractivity contribution in [1.82, 2.24) is 0 Å². The van der Waals surface area contributed by atoms with E-state index in [4.69, 9.17) is 5.11 Å². The van der Waals surface area contributed by atoms with E-state index in [0.717, 1.165) is 0 Å². The molecule has 6 heteroatoms. The number of carboxylic acids is 1. The molecule has 0 saturated carbocycles. The molecule has 0 aliphatic rings. The summed E-state index contributed by atoms with van der Waals surface area (Å²) in [7, 11) is 0. The first-order chi connectivity index (χ1) is 7.47. The summed E-state index contributed by atoms with van der Waals surface area (Å²) >= 11 is 7.03. The molecule has 1 aromatic rings. The lowest BCUT2D eigenvalue weighted by Gasteiger charge is -2.17. The molecule has 0 aliphatic heterocycles. The highest BCUT2D eigenvalue weighted by molar-refractivity contribution is 9.10. The van der Waals surface area contributed by atoms with E-state index in [9.17, 15) is 15.0 Å². The predicted molar refractivity (Wildman–Crippen MR) is 65.9 cm³/mol. The van der Waals surface area contributed by atoms with Gasteiger partial charge in [0.2, 0.25) is 0 Å². The van der Waals surface area contributed by atoms with Gasteiger partial charge in [-0.2, -0.15) is 12.6 Å². The van der Waals surface area contributed by atoms with Crippen molar-refractivity contribution < 1.29 is 20.1 Å². The number of hydrogen-bond acceptors (Lipinski definition) is 4. The summed E-state index contributed by atoms with van der Waals surface area (Å²) in [6.45, 7) is 0. The lowest BCUT2D eigenvalue weighted by atomic mass is 10.0. The lowest BCUT2D eigenvalue weighted by molar-refractivity contribution is 0.0333. The molecular weight excluding hydrogens is 296 g/mol. The van der Waals surface area contributed by atoms with Crippen LogP contribution in [0.4, 0.5) is 0 Å². The fourth-order valence-corrected chi connectivity index (χ4v) is 2.02. The first-order valence-electron chi connectivity index (χ1n) is 4.47. The Bertz CT molecular complexity index is 396. The van der Waals surface area contributed by atoms with Crippen LogP contribution in [0.1, 0.15) is 22.0 Å². The van der Waals surface area contributed by atoms with Gasteiger partial charge in [-0.1, -0.05) is 22.0 Å². The van der Waals surface area contributed by atoms with Crippen molar-refractivity contribution in [2.75, 3.05) is 5.75 Å². The number of benzene rings is 1. The molecule has 3 N–H and O–H groups in total. The van der Waals surface area contributed by atoms with Crippen LogP contribution in [0.2, 0.25) is 0 Å². The number of halogens is 1. The molecule has 4 nitrogen and oxygen atoms in total. The second-order valence-electron chi connectivity index (χ2n) is 3.24. The van der Waals surface area contributed by atoms with Crippen molar-refractivity contribution >= 4 is 34.5 Å². The maximum absolute atomic E-state index is 10.7. The Morgan fingerprint density at radius 3 is 2.50 bits per heavy atom. The Labute approximate surface area is 106 Å². The van der Waals surface area contributed by atoms with Gasteiger partial charge in [-0.05, 0) is 17.7 Å². The molecule has 0 fully saturated rings. The topological polar surface area (TPSA) is 77.8 Å². The van der Waals surface area contributed by atoms with Gasteiger partial charge in [0.25, 0.3) is 0 Å². The third-order valence-corrected chi connectivity index (χ3v) is 3.18. The molecule has 2 unspecified atom stereocenters. The number of hydrogen-bond donors (Lipinski definition) is 4. The van der Waals surface area contributed by atoms with Crippen molar-refractivity contribution in [3.8, 4) is 0 Å². The smallest absolute Gasteiger partial charge is 0.335 e. The molecule has 2 atom stereocenters. The maximum atomic E-state index is 10.7. The van der Waals surface area contributed by atoms with E-state index >= 15 is 0 Å². The molecule has 1 rings (SSSR count). The highest BCUT2D eigenvalue weighted by Gasteiger charge is 2.20. The highest BCUT2D eigenvalue weighted by Crippen LogP contribution is 2.27. The SMILES string of the molecule is O=C(O)c1ccc(C(O)C(O)CS)c(Br)c1. The van der Waals surface area contributed by atoms with Gasteiger partial charge in [-0.15, -0.1) is 0 Å². The minimum absolute atomic E-state index is 0.114. The van der Waals surface area contributed by atoms with Crippen molar-refractivity contribution in [3.63, 3.8) is 0 Å². The number of carbonyl (C=O) groups is 1. The molecule has 16 heavy (non-hydrogen) atoms. The van der Waals surface area contributed by atoms with Crippen LogP contribution in [0.5, 0.6) is 0 Å². The summed E-state index contributed by atoms with van der Waals surface area (Å²) in [4.78, 5) is 10.7. The minimum atomic E-state index is -1.09. The zero-order valence-electron chi connectivity index (χ0n) is 8.17. The van der Waals surface area contributed by atoms with Crippen LogP contribution < -0.4 is 0 Å². The van der Waals surface area contributed by atoms with Crippen molar-refractivity contribution in [1.29, 1.82) is 0 Å². The molecule has 0 amide bonds. The molecule has 0 aliphatic carbocycles. The first kappa shape index (κ1) is 13.5. The van der Waals surface area contributed by atoms with Crippen LogP contribution in [-0.2, 0) is 0 Å². The number of aliphatic hydroxyl groups is 2. The minimum Gasteiger partial charge on any atom is -0.478 e.